The molecule has 1 amide bonds. The van der Waals surface area contributed by atoms with Crippen molar-refractivity contribution in [3.05, 3.63) is 24.0 Å². The van der Waals surface area contributed by atoms with E-state index in [0.717, 1.165) is 18.7 Å². The number of hydrogen-bond acceptors (Lipinski definition) is 4. The second-order valence-corrected chi connectivity index (χ2v) is 3.61. The van der Waals surface area contributed by atoms with Crippen molar-refractivity contribution in [1.82, 2.24) is 20.8 Å². The van der Waals surface area contributed by atoms with Crippen LogP contribution in [0.25, 0.3) is 0 Å². The standard InChI is InChI=1S/C11H18N4O/c1-3-6-12-11(16)9(2)13-8-10-5-4-7-14-15-10/h4-5,7,9,13H,3,6,8H2,1-2H3,(H,12,16). The van der Waals surface area contributed by atoms with Crippen LogP contribution < -0.4 is 10.6 Å². The quantitative estimate of drug-likeness (QED) is 0.734. The molecule has 0 saturated heterocycles. The molecule has 0 spiro atoms. The van der Waals surface area contributed by atoms with Gasteiger partial charge in [-0.3, -0.25) is 4.79 Å². The first-order chi connectivity index (χ1) is 7.74. The number of nitrogens with zero attached hydrogens (tertiary/aromatic N) is 2. The molecule has 1 aromatic heterocycles. The van der Waals surface area contributed by atoms with Crippen molar-refractivity contribution in [2.75, 3.05) is 6.54 Å². The van der Waals surface area contributed by atoms with Crippen LogP contribution in [0.1, 0.15) is 26.0 Å². The Morgan fingerprint density at radius 3 is 3.00 bits per heavy atom. The predicted molar refractivity (Wildman–Crippen MR) is 61.6 cm³/mol. The van der Waals surface area contributed by atoms with Gasteiger partial charge in [0.1, 0.15) is 0 Å². The molecule has 0 aliphatic carbocycles. The molecule has 0 aliphatic rings. The van der Waals surface area contributed by atoms with Crippen LogP contribution in [0.2, 0.25) is 0 Å². The summed E-state index contributed by atoms with van der Waals surface area (Å²) < 4.78 is 0. The minimum atomic E-state index is -0.214. The Morgan fingerprint density at radius 2 is 2.38 bits per heavy atom. The van der Waals surface area contributed by atoms with Gasteiger partial charge in [0.15, 0.2) is 0 Å². The van der Waals surface area contributed by atoms with Crippen molar-refractivity contribution in [1.29, 1.82) is 0 Å². The van der Waals surface area contributed by atoms with Gasteiger partial charge in [0.25, 0.3) is 0 Å². The van der Waals surface area contributed by atoms with Gasteiger partial charge >= 0.3 is 0 Å². The molecule has 0 saturated carbocycles. The summed E-state index contributed by atoms with van der Waals surface area (Å²) in [7, 11) is 0. The maximum atomic E-state index is 11.5. The highest BCUT2D eigenvalue weighted by Crippen LogP contribution is 1.92. The molecule has 1 atom stereocenters. The molecule has 88 valence electrons. The van der Waals surface area contributed by atoms with E-state index in [2.05, 4.69) is 20.8 Å². The van der Waals surface area contributed by atoms with Crippen LogP contribution in [0.4, 0.5) is 0 Å². The molecule has 2 N–H and O–H groups in total. The first kappa shape index (κ1) is 12.6. The third-order valence-electron chi connectivity index (χ3n) is 2.16. The van der Waals surface area contributed by atoms with Crippen LogP contribution in [0.5, 0.6) is 0 Å². The molecule has 0 bridgehead atoms. The van der Waals surface area contributed by atoms with Gasteiger partial charge in [-0.25, -0.2) is 0 Å². The topological polar surface area (TPSA) is 66.9 Å². The smallest absolute Gasteiger partial charge is 0.236 e. The number of aromatic nitrogens is 2. The number of nitrogens with one attached hydrogen (secondary N) is 2. The van der Waals surface area contributed by atoms with Crippen LogP contribution in [-0.4, -0.2) is 28.7 Å². The third kappa shape index (κ3) is 4.35. The van der Waals surface area contributed by atoms with Crippen molar-refractivity contribution in [2.45, 2.75) is 32.9 Å². The summed E-state index contributed by atoms with van der Waals surface area (Å²) in [6.45, 7) is 5.13. The second-order valence-electron chi connectivity index (χ2n) is 3.61. The summed E-state index contributed by atoms with van der Waals surface area (Å²) >= 11 is 0. The lowest BCUT2D eigenvalue weighted by Crippen LogP contribution is -2.42. The third-order valence-corrected chi connectivity index (χ3v) is 2.16. The molecule has 1 rings (SSSR count). The minimum absolute atomic E-state index is 0.0192. The van der Waals surface area contributed by atoms with Crippen LogP contribution in [-0.2, 0) is 11.3 Å². The Labute approximate surface area is 95.7 Å². The zero-order valence-electron chi connectivity index (χ0n) is 9.73. The van der Waals surface area contributed by atoms with E-state index in [9.17, 15) is 4.79 Å². The van der Waals surface area contributed by atoms with Crippen molar-refractivity contribution in [3.63, 3.8) is 0 Å². The summed E-state index contributed by atoms with van der Waals surface area (Å²) in [5.74, 6) is 0.0192. The Morgan fingerprint density at radius 1 is 1.56 bits per heavy atom. The molecule has 1 heterocycles. The van der Waals surface area contributed by atoms with Gasteiger partial charge in [0.2, 0.25) is 5.91 Å². The van der Waals surface area contributed by atoms with Crippen LogP contribution in [0, 0.1) is 0 Å². The lowest BCUT2D eigenvalue weighted by Gasteiger charge is -2.12. The van der Waals surface area contributed by atoms with Gasteiger partial charge < -0.3 is 10.6 Å². The van der Waals surface area contributed by atoms with Crippen LogP contribution >= 0.6 is 0 Å². The fourth-order valence-electron chi connectivity index (χ4n) is 1.18. The Kier molecular flexibility index (Phi) is 5.42. The second kappa shape index (κ2) is 6.90. The molecule has 0 aromatic carbocycles. The van der Waals surface area contributed by atoms with Crippen molar-refractivity contribution >= 4 is 5.91 Å². The first-order valence-corrected chi connectivity index (χ1v) is 5.51. The summed E-state index contributed by atoms with van der Waals surface area (Å²) in [5, 5.41) is 13.6. The SMILES string of the molecule is CCCNC(=O)C(C)NCc1cccnn1. The van der Waals surface area contributed by atoms with Gasteiger partial charge in [-0.2, -0.15) is 10.2 Å². The molecule has 0 radical (unpaired) electrons. The number of rotatable bonds is 6. The highest BCUT2D eigenvalue weighted by Gasteiger charge is 2.10. The normalized spacial score (nSPS) is 12.1. The van der Waals surface area contributed by atoms with Crippen LogP contribution in [0.3, 0.4) is 0 Å². The van der Waals surface area contributed by atoms with E-state index in [1.54, 1.807) is 6.20 Å². The van der Waals surface area contributed by atoms with Gasteiger partial charge in [0.05, 0.1) is 11.7 Å². The highest BCUT2D eigenvalue weighted by atomic mass is 16.2. The first-order valence-electron chi connectivity index (χ1n) is 5.51. The van der Waals surface area contributed by atoms with E-state index in [4.69, 9.17) is 0 Å². The summed E-state index contributed by atoms with van der Waals surface area (Å²) in [6.07, 6.45) is 2.57. The van der Waals surface area contributed by atoms with E-state index in [1.807, 2.05) is 26.0 Å². The fourth-order valence-corrected chi connectivity index (χ4v) is 1.18. The summed E-state index contributed by atoms with van der Waals surface area (Å²) in [6, 6.07) is 3.48. The zero-order chi connectivity index (χ0) is 11.8. The fraction of sp³-hybridized carbons (Fsp3) is 0.545. The van der Waals surface area contributed by atoms with Gasteiger partial charge in [-0.1, -0.05) is 6.92 Å². The van der Waals surface area contributed by atoms with E-state index in [1.165, 1.54) is 0 Å². The molecular weight excluding hydrogens is 204 g/mol. The predicted octanol–water partition coefficient (Wildman–Crippen LogP) is 0.481. The maximum absolute atomic E-state index is 11.5. The van der Waals surface area contributed by atoms with Crippen LogP contribution in [0.15, 0.2) is 18.3 Å². The highest BCUT2D eigenvalue weighted by molar-refractivity contribution is 5.81. The molecular formula is C11H18N4O. The van der Waals surface area contributed by atoms with Crippen molar-refractivity contribution in [2.24, 2.45) is 0 Å². The molecule has 1 unspecified atom stereocenters. The largest absolute Gasteiger partial charge is 0.355 e. The Hall–Kier alpha value is -1.49. The Balaban J connectivity index is 2.29. The zero-order valence-corrected chi connectivity index (χ0v) is 9.73. The lowest BCUT2D eigenvalue weighted by atomic mass is 10.3. The van der Waals surface area contributed by atoms with Gasteiger partial charge in [-0.15, -0.1) is 0 Å². The molecule has 0 fully saturated rings. The van der Waals surface area contributed by atoms with E-state index in [0.29, 0.717) is 6.54 Å². The van der Waals surface area contributed by atoms with Crippen molar-refractivity contribution in [3.8, 4) is 0 Å². The maximum Gasteiger partial charge on any atom is 0.236 e. The lowest BCUT2D eigenvalue weighted by molar-refractivity contribution is -0.122. The molecule has 5 heteroatoms. The number of hydrogen-bond donors (Lipinski definition) is 2. The average Bonchev–Trinajstić information content (AvgIpc) is 2.34. The van der Waals surface area contributed by atoms with Gasteiger partial charge in [0, 0.05) is 19.3 Å². The summed E-state index contributed by atoms with van der Waals surface area (Å²) in [5.41, 5.74) is 0.831. The molecule has 1 aromatic rings. The van der Waals surface area contributed by atoms with E-state index in [-0.39, 0.29) is 11.9 Å². The van der Waals surface area contributed by atoms with E-state index < -0.39 is 0 Å². The van der Waals surface area contributed by atoms with Gasteiger partial charge in [-0.05, 0) is 25.5 Å². The monoisotopic (exact) mass is 222 g/mol. The number of amides is 1. The average molecular weight is 222 g/mol. The van der Waals surface area contributed by atoms with Crippen molar-refractivity contribution < 1.29 is 4.79 Å². The molecule has 16 heavy (non-hydrogen) atoms. The van der Waals surface area contributed by atoms with E-state index >= 15 is 0 Å². The number of carbonyl (C=O) groups excluding carboxylic acids is 1. The molecule has 0 aliphatic heterocycles. The summed E-state index contributed by atoms with van der Waals surface area (Å²) in [4.78, 5) is 11.5. The number of carbonyl (C=O) groups is 1. The molecule has 5 nitrogen and oxygen atoms in total. The Bertz CT molecular complexity index is 315. The minimum Gasteiger partial charge on any atom is -0.355 e.